The van der Waals surface area contributed by atoms with Crippen molar-refractivity contribution in [3.63, 3.8) is 0 Å². The summed E-state index contributed by atoms with van der Waals surface area (Å²) in [6.45, 7) is 3.67. The number of thiazole rings is 1. The van der Waals surface area contributed by atoms with Crippen molar-refractivity contribution in [1.82, 2.24) is 24.4 Å². The third-order valence-corrected chi connectivity index (χ3v) is 6.92. The molecule has 1 aliphatic heterocycles. The Bertz CT molecular complexity index is 1410. The second kappa shape index (κ2) is 7.65. The van der Waals surface area contributed by atoms with Gasteiger partial charge in [-0.15, -0.1) is 0 Å². The van der Waals surface area contributed by atoms with E-state index in [2.05, 4.69) is 39.5 Å². The number of aryl methyl sites for hydroxylation is 1. The molecule has 1 aliphatic rings. The molecule has 0 saturated heterocycles. The van der Waals surface area contributed by atoms with Gasteiger partial charge in [-0.1, -0.05) is 35.6 Å². The predicted octanol–water partition coefficient (Wildman–Crippen LogP) is 4.81. The molecule has 0 amide bonds. The van der Waals surface area contributed by atoms with Crippen LogP contribution in [0.2, 0.25) is 0 Å². The van der Waals surface area contributed by atoms with Gasteiger partial charge in [0.05, 0.1) is 6.33 Å². The first-order valence-corrected chi connectivity index (χ1v) is 11.4. The highest BCUT2D eigenvalue weighted by Gasteiger charge is 2.20. The maximum Gasteiger partial charge on any atom is 0.156 e. The van der Waals surface area contributed by atoms with Crippen LogP contribution < -0.4 is 5.32 Å². The lowest BCUT2D eigenvalue weighted by Crippen LogP contribution is -2.24. The molecule has 0 unspecified atom stereocenters. The van der Waals surface area contributed by atoms with E-state index in [9.17, 15) is 4.39 Å². The van der Waals surface area contributed by atoms with Crippen LogP contribution in [0, 0.1) is 5.82 Å². The third kappa shape index (κ3) is 3.32. The number of pyridine rings is 1. The van der Waals surface area contributed by atoms with Gasteiger partial charge in [0, 0.05) is 38.8 Å². The molecule has 0 fully saturated rings. The van der Waals surface area contributed by atoms with Crippen LogP contribution in [0.1, 0.15) is 11.1 Å². The maximum atomic E-state index is 13.3. The summed E-state index contributed by atoms with van der Waals surface area (Å²) < 4.78 is 15.3. The number of hydrogen-bond donors (Lipinski definition) is 1. The van der Waals surface area contributed by atoms with E-state index in [-0.39, 0.29) is 5.82 Å². The zero-order valence-corrected chi connectivity index (χ0v) is 18.4. The monoisotopic (exact) mass is 444 g/mol. The molecule has 3 aromatic heterocycles. The van der Waals surface area contributed by atoms with Gasteiger partial charge in [0.25, 0.3) is 0 Å². The Kier molecular flexibility index (Phi) is 4.62. The minimum absolute atomic E-state index is 0.255. The Labute approximate surface area is 188 Å². The van der Waals surface area contributed by atoms with Gasteiger partial charge in [0.1, 0.15) is 32.2 Å². The zero-order valence-electron chi connectivity index (χ0n) is 17.5. The summed E-state index contributed by atoms with van der Waals surface area (Å²) in [5.74, 6) is 0.522. The SMILES string of the molecule is Cn1cnc2c(NCCN3Cc4ccccc4C3)nc3sc(-c4ccc(F)cc4)nc3c21. The molecule has 1 N–H and O–H groups in total. The molecule has 160 valence electrons. The third-order valence-electron chi connectivity index (χ3n) is 5.93. The van der Waals surface area contributed by atoms with Crippen LogP contribution in [0.4, 0.5) is 10.2 Å². The lowest BCUT2D eigenvalue weighted by molar-refractivity contribution is 0.296. The van der Waals surface area contributed by atoms with Crippen molar-refractivity contribution >= 4 is 38.5 Å². The second-order valence-corrected chi connectivity index (χ2v) is 9.08. The Morgan fingerprint density at radius 2 is 1.75 bits per heavy atom. The number of benzene rings is 2. The van der Waals surface area contributed by atoms with E-state index < -0.39 is 0 Å². The quantitative estimate of drug-likeness (QED) is 0.422. The number of rotatable bonds is 5. The molecule has 0 aliphatic carbocycles. The van der Waals surface area contributed by atoms with Crippen molar-refractivity contribution < 1.29 is 4.39 Å². The number of anilines is 1. The highest BCUT2D eigenvalue weighted by atomic mass is 32.1. The van der Waals surface area contributed by atoms with E-state index in [0.29, 0.717) is 0 Å². The van der Waals surface area contributed by atoms with Crippen LogP contribution in [-0.2, 0) is 20.1 Å². The Hall–Kier alpha value is -3.36. The summed E-state index contributed by atoms with van der Waals surface area (Å²) >= 11 is 1.51. The molecule has 0 bridgehead atoms. The Balaban J connectivity index is 1.28. The van der Waals surface area contributed by atoms with Crippen molar-refractivity contribution in [3.05, 3.63) is 71.8 Å². The number of halogens is 1. The molecule has 0 spiro atoms. The summed E-state index contributed by atoms with van der Waals surface area (Å²) in [4.78, 5) is 17.5. The molecule has 8 heteroatoms. The summed E-state index contributed by atoms with van der Waals surface area (Å²) in [5.41, 5.74) is 6.31. The van der Waals surface area contributed by atoms with Crippen LogP contribution in [0.3, 0.4) is 0 Å². The normalized spacial score (nSPS) is 13.8. The van der Waals surface area contributed by atoms with E-state index in [1.54, 1.807) is 18.5 Å². The standard InChI is InChI=1S/C24H21FN6S/c1-30-14-27-19-21(30)20-24(32-23(28-20)15-6-8-18(25)9-7-15)29-22(19)26-10-11-31-12-16-4-2-3-5-17(16)13-31/h2-9,14H,10-13H2,1H3,(H,26,29). The van der Waals surface area contributed by atoms with Crippen LogP contribution in [0.25, 0.3) is 32.0 Å². The Morgan fingerprint density at radius 3 is 2.50 bits per heavy atom. The smallest absolute Gasteiger partial charge is 0.156 e. The molecule has 6 nitrogen and oxygen atoms in total. The van der Waals surface area contributed by atoms with Gasteiger partial charge in [-0.2, -0.15) is 0 Å². The lowest BCUT2D eigenvalue weighted by atomic mass is 10.1. The van der Waals surface area contributed by atoms with Crippen LogP contribution in [-0.4, -0.2) is 37.5 Å². The van der Waals surface area contributed by atoms with Crippen LogP contribution in [0.5, 0.6) is 0 Å². The molecule has 0 atom stereocenters. The largest absolute Gasteiger partial charge is 0.367 e. The summed E-state index contributed by atoms with van der Waals surface area (Å²) in [5, 5.41) is 4.33. The fraction of sp³-hybridized carbons (Fsp3) is 0.208. The van der Waals surface area contributed by atoms with Gasteiger partial charge in [0.15, 0.2) is 5.82 Å². The second-order valence-electron chi connectivity index (χ2n) is 8.10. The van der Waals surface area contributed by atoms with E-state index >= 15 is 0 Å². The molecular weight excluding hydrogens is 423 g/mol. The van der Waals surface area contributed by atoms with Gasteiger partial charge in [-0.3, -0.25) is 4.90 Å². The number of hydrogen-bond acceptors (Lipinski definition) is 6. The number of nitrogens with zero attached hydrogens (tertiary/aromatic N) is 5. The molecule has 5 aromatic rings. The van der Waals surface area contributed by atoms with E-state index in [1.807, 2.05) is 11.6 Å². The van der Waals surface area contributed by atoms with Gasteiger partial charge < -0.3 is 9.88 Å². The molecular formula is C24H21FN6S. The molecule has 0 radical (unpaired) electrons. The molecule has 0 saturated carbocycles. The minimum atomic E-state index is -0.255. The first-order valence-electron chi connectivity index (χ1n) is 10.6. The van der Waals surface area contributed by atoms with Crippen molar-refractivity contribution in [3.8, 4) is 10.6 Å². The van der Waals surface area contributed by atoms with Crippen molar-refractivity contribution in [2.45, 2.75) is 13.1 Å². The fourth-order valence-corrected chi connectivity index (χ4v) is 5.26. The van der Waals surface area contributed by atoms with E-state index in [0.717, 1.165) is 63.9 Å². The fourth-order valence-electron chi connectivity index (χ4n) is 4.31. The highest BCUT2D eigenvalue weighted by Crippen LogP contribution is 2.35. The van der Waals surface area contributed by atoms with Crippen molar-refractivity contribution in [1.29, 1.82) is 0 Å². The lowest BCUT2D eigenvalue weighted by Gasteiger charge is -2.15. The van der Waals surface area contributed by atoms with Crippen molar-refractivity contribution in [2.24, 2.45) is 7.05 Å². The molecule has 32 heavy (non-hydrogen) atoms. The summed E-state index contributed by atoms with van der Waals surface area (Å²) in [7, 11) is 1.97. The van der Waals surface area contributed by atoms with Gasteiger partial charge in [-0.05, 0) is 35.4 Å². The van der Waals surface area contributed by atoms with Crippen molar-refractivity contribution in [2.75, 3.05) is 18.4 Å². The number of imidazole rings is 1. The topological polar surface area (TPSA) is 58.9 Å². The number of aromatic nitrogens is 4. The van der Waals surface area contributed by atoms with Gasteiger partial charge in [-0.25, -0.2) is 19.3 Å². The summed E-state index contributed by atoms with van der Waals surface area (Å²) in [6.07, 6.45) is 1.80. The first kappa shape index (κ1) is 19.3. The van der Waals surface area contributed by atoms with Gasteiger partial charge >= 0.3 is 0 Å². The van der Waals surface area contributed by atoms with Crippen LogP contribution in [0.15, 0.2) is 54.9 Å². The van der Waals surface area contributed by atoms with Gasteiger partial charge in [0.2, 0.25) is 0 Å². The number of nitrogens with one attached hydrogen (secondary N) is 1. The average Bonchev–Trinajstić information content (AvgIpc) is 3.50. The predicted molar refractivity (Wildman–Crippen MR) is 126 cm³/mol. The summed E-state index contributed by atoms with van der Waals surface area (Å²) in [6, 6.07) is 15.0. The molecule has 6 rings (SSSR count). The minimum Gasteiger partial charge on any atom is -0.367 e. The van der Waals surface area contributed by atoms with Crippen LogP contribution >= 0.6 is 11.3 Å². The molecule has 4 heterocycles. The van der Waals surface area contributed by atoms with E-state index in [4.69, 9.17) is 9.97 Å². The maximum absolute atomic E-state index is 13.3. The van der Waals surface area contributed by atoms with E-state index in [1.165, 1.54) is 34.6 Å². The average molecular weight is 445 g/mol. The molecule has 2 aromatic carbocycles. The zero-order chi connectivity index (χ0) is 21.7. The highest BCUT2D eigenvalue weighted by molar-refractivity contribution is 7.21. The number of fused-ring (bicyclic) bond motifs is 4. The first-order chi connectivity index (χ1) is 15.7. The Morgan fingerprint density at radius 1 is 1.00 bits per heavy atom.